The third-order valence-corrected chi connectivity index (χ3v) is 3.28. The molecule has 106 valence electrons. The summed E-state index contributed by atoms with van der Waals surface area (Å²) in [5.74, 6) is 0.979. The summed E-state index contributed by atoms with van der Waals surface area (Å²) >= 11 is 0. The van der Waals surface area contributed by atoms with E-state index in [1.54, 1.807) is 0 Å². The van der Waals surface area contributed by atoms with Crippen molar-refractivity contribution in [3.05, 3.63) is 59.7 Å². The van der Waals surface area contributed by atoms with Crippen molar-refractivity contribution in [2.75, 3.05) is 11.9 Å². The van der Waals surface area contributed by atoms with E-state index in [4.69, 9.17) is 4.74 Å². The van der Waals surface area contributed by atoms with Crippen LogP contribution < -0.4 is 10.1 Å². The van der Waals surface area contributed by atoms with Crippen LogP contribution in [0.4, 0.5) is 5.69 Å². The van der Waals surface area contributed by atoms with Gasteiger partial charge >= 0.3 is 0 Å². The molecule has 2 aromatic rings. The Hall–Kier alpha value is -1.96. The molecule has 2 nitrogen and oxygen atoms in total. The van der Waals surface area contributed by atoms with Crippen molar-refractivity contribution in [1.82, 2.24) is 0 Å². The van der Waals surface area contributed by atoms with Crippen LogP contribution in [-0.4, -0.2) is 6.61 Å². The molecule has 0 radical (unpaired) electrons. The summed E-state index contributed by atoms with van der Waals surface area (Å²) in [4.78, 5) is 0. The second-order valence-electron chi connectivity index (χ2n) is 4.86. The number of aryl methyl sites for hydroxylation is 1. The second kappa shape index (κ2) is 7.59. The van der Waals surface area contributed by atoms with Crippen LogP contribution in [0.3, 0.4) is 0 Å². The van der Waals surface area contributed by atoms with E-state index in [1.165, 1.54) is 11.1 Å². The van der Waals surface area contributed by atoms with Crippen molar-refractivity contribution in [1.29, 1.82) is 0 Å². The average Bonchev–Trinajstić information content (AvgIpc) is 2.52. The summed E-state index contributed by atoms with van der Waals surface area (Å²) in [6.07, 6.45) is 2.11. The van der Waals surface area contributed by atoms with E-state index < -0.39 is 0 Å². The van der Waals surface area contributed by atoms with E-state index in [-0.39, 0.29) is 0 Å². The Labute approximate surface area is 121 Å². The van der Waals surface area contributed by atoms with Gasteiger partial charge in [0.2, 0.25) is 0 Å². The Morgan fingerprint density at radius 3 is 2.40 bits per heavy atom. The van der Waals surface area contributed by atoms with Gasteiger partial charge in [-0.2, -0.15) is 0 Å². The van der Waals surface area contributed by atoms with Crippen molar-refractivity contribution in [3.63, 3.8) is 0 Å². The lowest BCUT2D eigenvalue weighted by atomic mass is 10.1. The molecular weight excluding hydrogens is 246 g/mol. The summed E-state index contributed by atoms with van der Waals surface area (Å²) in [5.41, 5.74) is 3.70. The summed E-state index contributed by atoms with van der Waals surface area (Å²) in [5, 5.41) is 3.45. The zero-order valence-corrected chi connectivity index (χ0v) is 12.4. The summed E-state index contributed by atoms with van der Waals surface area (Å²) < 4.78 is 5.77. The van der Waals surface area contributed by atoms with Gasteiger partial charge in [-0.05, 0) is 36.6 Å². The highest BCUT2D eigenvalue weighted by Gasteiger charge is 2.02. The summed E-state index contributed by atoms with van der Waals surface area (Å²) in [6.45, 7) is 5.84. The van der Waals surface area contributed by atoms with Gasteiger partial charge in [0, 0.05) is 17.8 Å². The fraction of sp³-hybridized carbons (Fsp3) is 0.333. The number of benzene rings is 2. The van der Waals surface area contributed by atoms with E-state index in [1.807, 2.05) is 12.1 Å². The number of hydrogen-bond donors (Lipinski definition) is 1. The SMILES string of the molecule is CCCOc1ccccc1CNc1ccc(CC)cc1. The van der Waals surface area contributed by atoms with Gasteiger partial charge in [0.1, 0.15) is 5.75 Å². The molecule has 0 aliphatic carbocycles. The average molecular weight is 269 g/mol. The molecule has 0 aromatic heterocycles. The van der Waals surface area contributed by atoms with Crippen LogP contribution in [0.15, 0.2) is 48.5 Å². The quantitative estimate of drug-likeness (QED) is 0.790. The molecule has 0 aliphatic rings. The molecule has 0 fully saturated rings. The summed E-state index contributed by atoms with van der Waals surface area (Å²) in [6, 6.07) is 16.8. The van der Waals surface area contributed by atoms with Gasteiger partial charge < -0.3 is 10.1 Å². The van der Waals surface area contributed by atoms with Gasteiger partial charge in [-0.3, -0.25) is 0 Å². The predicted octanol–water partition coefficient (Wildman–Crippen LogP) is 4.65. The van der Waals surface area contributed by atoms with Crippen LogP contribution in [0.1, 0.15) is 31.4 Å². The predicted molar refractivity (Wildman–Crippen MR) is 85.4 cm³/mol. The minimum atomic E-state index is 0.766. The number of anilines is 1. The molecule has 20 heavy (non-hydrogen) atoms. The maximum atomic E-state index is 5.77. The van der Waals surface area contributed by atoms with Crippen molar-refractivity contribution < 1.29 is 4.74 Å². The lowest BCUT2D eigenvalue weighted by molar-refractivity contribution is 0.314. The Morgan fingerprint density at radius 1 is 0.950 bits per heavy atom. The fourth-order valence-electron chi connectivity index (χ4n) is 2.06. The van der Waals surface area contributed by atoms with E-state index in [0.717, 1.165) is 37.4 Å². The number of nitrogens with one attached hydrogen (secondary N) is 1. The Balaban J connectivity index is 1.98. The van der Waals surface area contributed by atoms with Crippen LogP contribution in [0.5, 0.6) is 5.75 Å². The molecule has 0 amide bonds. The molecule has 0 spiro atoms. The highest BCUT2D eigenvalue weighted by Crippen LogP contribution is 2.20. The van der Waals surface area contributed by atoms with Gasteiger partial charge in [-0.25, -0.2) is 0 Å². The van der Waals surface area contributed by atoms with E-state index in [9.17, 15) is 0 Å². The van der Waals surface area contributed by atoms with E-state index in [0.29, 0.717) is 0 Å². The largest absolute Gasteiger partial charge is 0.493 e. The minimum Gasteiger partial charge on any atom is -0.493 e. The number of para-hydroxylation sites is 1. The van der Waals surface area contributed by atoms with Crippen molar-refractivity contribution in [2.45, 2.75) is 33.2 Å². The molecule has 0 bridgehead atoms. The van der Waals surface area contributed by atoms with Crippen molar-refractivity contribution in [2.24, 2.45) is 0 Å². The molecule has 0 saturated carbocycles. The molecule has 0 saturated heterocycles. The van der Waals surface area contributed by atoms with Crippen molar-refractivity contribution >= 4 is 5.69 Å². The van der Waals surface area contributed by atoms with Crippen molar-refractivity contribution in [3.8, 4) is 5.75 Å². The Morgan fingerprint density at radius 2 is 1.70 bits per heavy atom. The third kappa shape index (κ3) is 4.02. The molecular formula is C18H23NO. The first-order chi connectivity index (χ1) is 9.83. The first kappa shape index (κ1) is 14.4. The van der Waals surface area contributed by atoms with Gasteiger partial charge in [0.15, 0.2) is 0 Å². The minimum absolute atomic E-state index is 0.766. The topological polar surface area (TPSA) is 21.3 Å². The third-order valence-electron chi connectivity index (χ3n) is 3.28. The molecule has 0 unspecified atom stereocenters. The van der Waals surface area contributed by atoms with E-state index in [2.05, 4.69) is 55.6 Å². The molecule has 2 aromatic carbocycles. The zero-order valence-electron chi connectivity index (χ0n) is 12.4. The van der Waals surface area contributed by atoms with E-state index >= 15 is 0 Å². The van der Waals surface area contributed by atoms with Gasteiger partial charge in [0.05, 0.1) is 6.61 Å². The van der Waals surface area contributed by atoms with Crippen LogP contribution in [0, 0.1) is 0 Å². The van der Waals surface area contributed by atoms with Crippen LogP contribution >= 0.6 is 0 Å². The molecule has 0 heterocycles. The van der Waals surface area contributed by atoms with Gasteiger partial charge in [-0.15, -0.1) is 0 Å². The fourth-order valence-corrected chi connectivity index (χ4v) is 2.06. The van der Waals surface area contributed by atoms with Gasteiger partial charge in [0.25, 0.3) is 0 Å². The van der Waals surface area contributed by atoms with Crippen LogP contribution in [0.2, 0.25) is 0 Å². The van der Waals surface area contributed by atoms with Crippen LogP contribution in [-0.2, 0) is 13.0 Å². The zero-order chi connectivity index (χ0) is 14.2. The molecule has 1 N–H and O–H groups in total. The lowest BCUT2D eigenvalue weighted by Crippen LogP contribution is -2.04. The highest BCUT2D eigenvalue weighted by atomic mass is 16.5. The first-order valence-electron chi connectivity index (χ1n) is 7.37. The molecule has 2 heteroatoms. The summed E-state index contributed by atoms with van der Waals surface area (Å²) in [7, 11) is 0. The van der Waals surface area contributed by atoms with Gasteiger partial charge in [-0.1, -0.05) is 44.2 Å². The maximum absolute atomic E-state index is 5.77. The first-order valence-corrected chi connectivity index (χ1v) is 7.37. The standard InChI is InChI=1S/C18H23NO/c1-3-13-20-18-8-6-5-7-16(18)14-19-17-11-9-15(4-2)10-12-17/h5-12,19H,3-4,13-14H2,1-2H3. The van der Waals surface area contributed by atoms with Crippen LogP contribution in [0.25, 0.3) is 0 Å². The normalized spacial score (nSPS) is 10.3. The number of hydrogen-bond acceptors (Lipinski definition) is 2. The number of ether oxygens (including phenoxy) is 1. The molecule has 0 atom stereocenters. The highest BCUT2D eigenvalue weighted by molar-refractivity contribution is 5.46. The molecule has 0 aliphatic heterocycles. The Kier molecular flexibility index (Phi) is 5.48. The second-order valence-corrected chi connectivity index (χ2v) is 4.86. The number of rotatable bonds is 7. The maximum Gasteiger partial charge on any atom is 0.124 e. The smallest absolute Gasteiger partial charge is 0.124 e. The Bertz CT molecular complexity index is 519. The lowest BCUT2D eigenvalue weighted by Gasteiger charge is -2.12. The monoisotopic (exact) mass is 269 g/mol. The molecule has 2 rings (SSSR count).